The molecule has 2 aromatic rings. The molecule has 6 heteroatoms. The third-order valence-corrected chi connectivity index (χ3v) is 5.61. The molecule has 0 radical (unpaired) electrons. The number of benzene rings is 1. The van der Waals surface area contributed by atoms with E-state index in [1.54, 1.807) is 4.57 Å². The van der Waals surface area contributed by atoms with Crippen LogP contribution in [0.5, 0.6) is 0 Å². The van der Waals surface area contributed by atoms with Crippen molar-refractivity contribution >= 4 is 16.8 Å². The summed E-state index contributed by atoms with van der Waals surface area (Å²) in [5.41, 5.74) is -0.0736. The summed E-state index contributed by atoms with van der Waals surface area (Å²) in [6.07, 6.45) is 4.07. The molecule has 5 nitrogen and oxygen atoms in total. The fourth-order valence-corrected chi connectivity index (χ4v) is 3.44. The molecule has 2 heterocycles. The minimum Gasteiger partial charge on any atom is -0.342 e. The number of amides is 1. The molecule has 1 amide bonds. The van der Waals surface area contributed by atoms with Crippen LogP contribution in [0.1, 0.15) is 40.0 Å². The van der Waals surface area contributed by atoms with E-state index in [2.05, 4.69) is 4.98 Å². The van der Waals surface area contributed by atoms with Gasteiger partial charge in [0.05, 0.1) is 17.2 Å². The van der Waals surface area contributed by atoms with Crippen molar-refractivity contribution in [3.63, 3.8) is 0 Å². The predicted molar refractivity (Wildman–Crippen MR) is 99.3 cm³/mol. The molecule has 140 valence electrons. The number of carbonyl (C=O) groups is 1. The van der Waals surface area contributed by atoms with Gasteiger partial charge in [-0.2, -0.15) is 0 Å². The first-order valence-corrected chi connectivity index (χ1v) is 9.26. The van der Waals surface area contributed by atoms with Crippen LogP contribution in [0, 0.1) is 17.2 Å². The summed E-state index contributed by atoms with van der Waals surface area (Å²) in [4.78, 5) is 31.3. The van der Waals surface area contributed by atoms with Crippen molar-refractivity contribution in [2.45, 2.75) is 46.6 Å². The first-order chi connectivity index (χ1) is 12.3. The number of aromatic nitrogens is 2. The van der Waals surface area contributed by atoms with E-state index in [-0.39, 0.29) is 16.9 Å². The molecule has 1 aliphatic rings. The lowest BCUT2D eigenvalue weighted by molar-refractivity contribution is -0.142. The first kappa shape index (κ1) is 18.5. The molecule has 1 aromatic carbocycles. The standard InChI is InChI=1S/C20H26FN3O2/c1-4-20(2,3)19(26)23-9-7-14(8-10-23)12-24-13-22-17-11-15(21)5-6-16(17)18(24)25/h5-6,11,13-14H,4,7-10,12H2,1-3H3. The molecular formula is C20H26FN3O2. The third kappa shape index (κ3) is 3.64. The molecule has 0 bridgehead atoms. The Hall–Kier alpha value is -2.24. The molecule has 0 unspecified atom stereocenters. The van der Waals surface area contributed by atoms with Crippen molar-refractivity contribution in [1.82, 2.24) is 14.5 Å². The molecule has 0 N–H and O–H groups in total. The second-order valence-corrected chi connectivity index (χ2v) is 7.84. The molecule has 1 aliphatic heterocycles. The van der Waals surface area contributed by atoms with E-state index in [0.29, 0.717) is 23.4 Å². The number of piperidine rings is 1. The van der Waals surface area contributed by atoms with Gasteiger partial charge < -0.3 is 4.90 Å². The van der Waals surface area contributed by atoms with Gasteiger partial charge in [0.1, 0.15) is 5.82 Å². The average molecular weight is 359 g/mol. The van der Waals surface area contributed by atoms with Crippen molar-refractivity contribution < 1.29 is 9.18 Å². The maximum atomic E-state index is 13.3. The summed E-state index contributed by atoms with van der Waals surface area (Å²) in [6, 6.07) is 4.06. The van der Waals surface area contributed by atoms with E-state index in [4.69, 9.17) is 0 Å². The Balaban J connectivity index is 1.68. The Bertz CT molecular complexity index is 867. The maximum absolute atomic E-state index is 13.3. The average Bonchev–Trinajstić information content (AvgIpc) is 2.64. The van der Waals surface area contributed by atoms with Gasteiger partial charge in [0.25, 0.3) is 5.56 Å². The van der Waals surface area contributed by atoms with Gasteiger partial charge in [-0.25, -0.2) is 9.37 Å². The quantitative estimate of drug-likeness (QED) is 0.842. The van der Waals surface area contributed by atoms with E-state index >= 15 is 0 Å². The van der Waals surface area contributed by atoms with E-state index in [1.807, 2.05) is 25.7 Å². The topological polar surface area (TPSA) is 55.2 Å². The fourth-order valence-electron chi connectivity index (χ4n) is 3.44. The van der Waals surface area contributed by atoms with Crippen LogP contribution in [-0.4, -0.2) is 33.4 Å². The highest BCUT2D eigenvalue weighted by atomic mass is 19.1. The Morgan fingerprint density at radius 3 is 2.65 bits per heavy atom. The second-order valence-electron chi connectivity index (χ2n) is 7.84. The van der Waals surface area contributed by atoms with Gasteiger partial charge in [0, 0.05) is 31.1 Å². The lowest BCUT2D eigenvalue weighted by Crippen LogP contribution is -2.45. The molecule has 1 saturated heterocycles. The van der Waals surface area contributed by atoms with Gasteiger partial charge >= 0.3 is 0 Å². The summed E-state index contributed by atoms with van der Waals surface area (Å²) in [6.45, 7) is 8.06. The third-order valence-electron chi connectivity index (χ3n) is 5.61. The number of likely N-dealkylation sites (tertiary alicyclic amines) is 1. The minimum absolute atomic E-state index is 0.138. The van der Waals surface area contributed by atoms with Crippen molar-refractivity contribution in [2.24, 2.45) is 11.3 Å². The number of rotatable bonds is 4. The van der Waals surface area contributed by atoms with Crippen LogP contribution in [0.4, 0.5) is 4.39 Å². The highest BCUT2D eigenvalue weighted by Gasteiger charge is 2.32. The molecule has 1 fully saturated rings. The second kappa shape index (κ2) is 7.17. The molecular weight excluding hydrogens is 333 g/mol. The SMILES string of the molecule is CCC(C)(C)C(=O)N1CCC(Cn2cnc3cc(F)ccc3c2=O)CC1. The van der Waals surface area contributed by atoms with Gasteiger partial charge in [-0.3, -0.25) is 14.2 Å². The highest BCUT2D eigenvalue weighted by molar-refractivity contribution is 5.82. The van der Waals surface area contributed by atoms with Gasteiger partial charge in [-0.1, -0.05) is 20.8 Å². The summed E-state index contributed by atoms with van der Waals surface area (Å²) < 4.78 is 14.9. The van der Waals surface area contributed by atoms with E-state index in [0.717, 1.165) is 32.4 Å². The molecule has 26 heavy (non-hydrogen) atoms. The Kier molecular flexibility index (Phi) is 5.12. The zero-order valence-corrected chi connectivity index (χ0v) is 15.7. The van der Waals surface area contributed by atoms with Crippen molar-refractivity contribution in [1.29, 1.82) is 0 Å². The zero-order valence-electron chi connectivity index (χ0n) is 15.7. The number of hydrogen-bond acceptors (Lipinski definition) is 3. The number of hydrogen-bond donors (Lipinski definition) is 0. The highest BCUT2D eigenvalue weighted by Crippen LogP contribution is 2.27. The monoisotopic (exact) mass is 359 g/mol. The van der Waals surface area contributed by atoms with Crippen LogP contribution in [0.2, 0.25) is 0 Å². The smallest absolute Gasteiger partial charge is 0.261 e. The molecule has 0 saturated carbocycles. The van der Waals surface area contributed by atoms with Crippen LogP contribution in [0.25, 0.3) is 10.9 Å². The Labute approximate surface area is 152 Å². The lowest BCUT2D eigenvalue weighted by Gasteiger charge is -2.36. The van der Waals surface area contributed by atoms with Crippen molar-refractivity contribution in [3.8, 4) is 0 Å². The van der Waals surface area contributed by atoms with Gasteiger partial charge in [-0.05, 0) is 37.3 Å². The van der Waals surface area contributed by atoms with E-state index in [1.165, 1.54) is 24.5 Å². The Morgan fingerprint density at radius 2 is 2.00 bits per heavy atom. The molecule has 3 rings (SSSR count). The summed E-state index contributed by atoms with van der Waals surface area (Å²) in [5, 5.41) is 0.436. The zero-order chi connectivity index (χ0) is 18.9. The van der Waals surface area contributed by atoms with Crippen LogP contribution >= 0.6 is 0 Å². The largest absolute Gasteiger partial charge is 0.342 e. The van der Waals surface area contributed by atoms with E-state index in [9.17, 15) is 14.0 Å². The number of carbonyl (C=O) groups excluding carboxylic acids is 1. The van der Waals surface area contributed by atoms with Crippen LogP contribution in [0.3, 0.4) is 0 Å². The fraction of sp³-hybridized carbons (Fsp3) is 0.550. The van der Waals surface area contributed by atoms with Crippen molar-refractivity contribution in [3.05, 3.63) is 40.7 Å². The summed E-state index contributed by atoms with van der Waals surface area (Å²) >= 11 is 0. The van der Waals surface area contributed by atoms with Gasteiger partial charge in [-0.15, -0.1) is 0 Å². The lowest BCUT2D eigenvalue weighted by atomic mass is 9.87. The van der Waals surface area contributed by atoms with Crippen LogP contribution in [-0.2, 0) is 11.3 Å². The maximum Gasteiger partial charge on any atom is 0.261 e. The van der Waals surface area contributed by atoms with Crippen LogP contribution in [0.15, 0.2) is 29.3 Å². The number of halogens is 1. The summed E-state index contributed by atoms with van der Waals surface area (Å²) in [5.74, 6) is 0.153. The van der Waals surface area contributed by atoms with E-state index < -0.39 is 5.82 Å². The molecule has 0 atom stereocenters. The number of fused-ring (bicyclic) bond motifs is 1. The normalized spacial score (nSPS) is 16.2. The first-order valence-electron chi connectivity index (χ1n) is 9.26. The predicted octanol–water partition coefficient (Wildman–Crippen LogP) is 3.21. The van der Waals surface area contributed by atoms with Gasteiger partial charge in [0.15, 0.2) is 0 Å². The molecule has 0 spiro atoms. The minimum atomic E-state index is -0.394. The molecule has 0 aliphatic carbocycles. The Morgan fingerprint density at radius 1 is 1.31 bits per heavy atom. The summed E-state index contributed by atoms with van der Waals surface area (Å²) in [7, 11) is 0. The van der Waals surface area contributed by atoms with Crippen molar-refractivity contribution in [2.75, 3.05) is 13.1 Å². The number of nitrogens with zero attached hydrogens (tertiary/aromatic N) is 3. The van der Waals surface area contributed by atoms with Gasteiger partial charge in [0.2, 0.25) is 5.91 Å². The van der Waals surface area contributed by atoms with Crippen LogP contribution < -0.4 is 5.56 Å². The molecule has 1 aromatic heterocycles.